The number of thiophene rings is 1. The Morgan fingerprint density at radius 3 is 2.61 bits per heavy atom. The zero-order chi connectivity index (χ0) is 22.9. The van der Waals surface area contributed by atoms with E-state index in [-0.39, 0.29) is 5.91 Å². The fourth-order valence-electron chi connectivity index (χ4n) is 4.36. The molecule has 166 valence electrons. The number of nitrogen functional groups attached to an aromatic ring is 1. The van der Waals surface area contributed by atoms with Gasteiger partial charge in [0.25, 0.3) is 5.91 Å². The van der Waals surface area contributed by atoms with Crippen molar-refractivity contribution in [3.05, 3.63) is 87.9 Å². The van der Waals surface area contributed by atoms with Crippen LogP contribution in [0, 0.1) is 0 Å². The second-order valence-corrected chi connectivity index (χ2v) is 9.16. The van der Waals surface area contributed by atoms with E-state index >= 15 is 0 Å². The predicted molar refractivity (Wildman–Crippen MR) is 131 cm³/mol. The van der Waals surface area contributed by atoms with Crippen LogP contribution in [0.2, 0.25) is 0 Å². The lowest BCUT2D eigenvalue weighted by atomic mass is 9.82. The lowest BCUT2D eigenvalue weighted by molar-refractivity contribution is 0.0600. The van der Waals surface area contributed by atoms with Gasteiger partial charge in [-0.15, -0.1) is 11.3 Å². The molecule has 4 aromatic rings. The highest BCUT2D eigenvalue weighted by molar-refractivity contribution is 7.21. The largest absolute Gasteiger partial charge is 0.465 e. The van der Waals surface area contributed by atoms with Gasteiger partial charge in [0.15, 0.2) is 0 Å². The van der Waals surface area contributed by atoms with Gasteiger partial charge in [0.2, 0.25) is 0 Å². The van der Waals surface area contributed by atoms with Crippen LogP contribution in [0.15, 0.2) is 60.7 Å². The van der Waals surface area contributed by atoms with Gasteiger partial charge in [-0.1, -0.05) is 30.3 Å². The average Bonchev–Trinajstić information content (AvgIpc) is 3.18. The second-order valence-electron chi connectivity index (χ2n) is 8.17. The minimum Gasteiger partial charge on any atom is -0.465 e. The van der Waals surface area contributed by atoms with Crippen molar-refractivity contribution in [1.82, 2.24) is 4.98 Å². The van der Waals surface area contributed by atoms with Crippen molar-refractivity contribution in [2.75, 3.05) is 18.2 Å². The smallest absolute Gasteiger partial charge is 0.337 e. The molecule has 5 rings (SSSR count). The number of aromatic nitrogens is 1. The van der Waals surface area contributed by atoms with E-state index in [9.17, 15) is 9.59 Å². The number of carbonyl (C=O) groups excluding carboxylic acids is 2. The van der Waals surface area contributed by atoms with E-state index in [4.69, 9.17) is 15.5 Å². The third-order valence-corrected chi connectivity index (χ3v) is 7.24. The summed E-state index contributed by atoms with van der Waals surface area (Å²) in [5.41, 5.74) is 11.5. The summed E-state index contributed by atoms with van der Waals surface area (Å²) in [6.45, 7) is 0. The molecular weight excluding hydrogens is 434 g/mol. The van der Waals surface area contributed by atoms with Gasteiger partial charge in [-0.05, 0) is 66.6 Å². The number of rotatable bonds is 4. The third kappa shape index (κ3) is 4.07. The monoisotopic (exact) mass is 457 g/mol. The zero-order valence-corrected chi connectivity index (χ0v) is 18.9. The number of benzene rings is 2. The second kappa shape index (κ2) is 8.67. The topological polar surface area (TPSA) is 94.3 Å². The van der Waals surface area contributed by atoms with Gasteiger partial charge in [0, 0.05) is 16.8 Å². The van der Waals surface area contributed by atoms with Crippen LogP contribution in [0.25, 0.3) is 10.2 Å². The number of amides is 1. The number of nitrogens with zero attached hydrogens (tertiary/aromatic N) is 1. The molecule has 3 N–H and O–H groups in total. The molecular formula is C26H23N3O3S. The number of ether oxygens (including phenoxy) is 1. The Morgan fingerprint density at radius 1 is 1.12 bits per heavy atom. The molecule has 0 spiro atoms. The Hall–Kier alpha value is -3.71. The Labute approximate surface area is 195 Å². The normalized spacial score (nSPS) is 15.1. The molecule has 2 aromatic carbocycles. The van der Waals surface area contributed by atoms with Crippen molar-refractivity contribution in [2.24, 2.45) is 0 Å². The van der Waals surface area contributed by atoms with Crippen LogP contribution in [0.5, 0.6) is 0 Å². The number of nitrogens with one attached hydrogen (secondary N) is 1. The number of aryl methyl sites for hydroxylation is 1. The first kappa shape index (κ1) is 21.2. The molecule has 0 saturated heterocycles. The number of esters is 1. The summed E-state index contributed by atoms with van der Waals surface area (Å²) in [5, 5.41) is 3.69. The number of nitrogens with two attached hydrogens (primary N) is 1. The van der Waals surface area contributed by atoms with Crippen molar-refractivity contribution in [3.8, 4) is 0 Å². The Balaban J connectivity index is 1.39. The summed E-state index contributed by atoms with van der Waals surface area (Å²) in [5.74, 6) is -0.249. The number of anilines is 2. The first-order valence-corrected chi connectivity index (χ1v) is 11.6. The summed E-state index contributed by atoms with van der Waals surface area (Å²) >= 11 is 1.31. The minimum atomic E-state index is -0.425. The van der Waals surface area contributed by atoms with Crippen molar-refractivity contribution in [2.45, 2.75) is 25.2 Å². The molecule has 0 bridgehead atoms. The Bertz CT molecular complexity index is 1350. The van der Waals surface area contributed by atoms with E-state index in [2.05, 4.69) is 35.6 Å². The molecule has 1 aliphatic rings. The van der Waals surface area contributed by atoms with Crippen LogP contribution in [0.1, 0.15) is 49.2 Å². The van der Waals surface area contributed by atoms with Gasteiger partial charge in [0.05, 0.1) is 18.4 Å². The van der Waals surface area contributed by atoms with Crippen molar-refractivity contribution in [1.29, 1.82) is 0 Å². The van der Waals surface area contributed by atoms with Crippen molar-refractivity contribution in [3.63, 3.8) is 0 Å². The molecule has 0 aliphatic heterocycles. The SMILES string of the molecule is COC(=O)c1ccc(NC(=O)c2sc3nc4c(cc3c2N)CC(c2ccccc2)CC4)cc1. The maximum absolute atomic E-state index is 12.9. The Kier molecular flexibility index (Phi) is 5.56. The number of hydrogen-bond donors (Lipinski definition) is 2. The molecule has 1 atom stereocenters. The summed E-state index contributed by atoms with van der Waals surface area (Å²) in [6, 6.07) is 19.2. The molecule has 0 radical (unpaired) electrons. The molecule has 7 heteroatoms. The van der Waals surface area contributed by atoms with E-state index in [1.165, 1.54) is 29.6 Å². The molecule has 1 amide bonds. The number of fused-ring (bicyclic) bond motifs is 2. The van der Waals surface area contributed by atoms with Gasteiger partial charge in [-0.25, -0.2) is 9.78 Å². The quantitative estimate of drug-likeness (QED) is 0.411. The van der Waals surface area contributed by atoms with Crippen LogP contribution >= 0.6 is 11.3 Å². The molecule has 1 aliphatic carbocycles. The zero-order valence-electron chi connectivity index (χ0n) is 18.1. The van der Waals surface area contributed by atoms with Crippen LogP contribution < -0.4 is 11.1 Å². The van der Waals surface area contributed by atoms with Crippen LogP contribution in [-0.4, -0.2) is 24.0 Å². The number of carbonyl (C=O) groups is 2. The molecule has 2 heterocycles. The molecule has 2 aromatic heterocycles. The minimum absolute atomic E-state index is 0.290. The fraction of sp³-hybridized carbons (Fsp3) is 0.192. The highest BCUT2D eigenvalue weighted by Crippen LogP contribution is 2.38. The van der Waals surface area contributed by atoms with Gasteiger partial charge in [0.1, 0.15) is 9.71 Å². The van der Waals surface area contributed by atoms with Crippen LogP contribution in [-0.2, 0) is 17.6 Å². The number of methoxy groups -OCH3 is 1. The van der Waals surface area contributed by atoms with Crippen molar-refractivity contribution >= 4 is 44.8 Å². The van der Waals surface area contributed by atoms with E-state index < -0.39 is 5.97 Å². The third-order valence-electron chi connectivity index (χ3n) is 6.13. The Morgan fingerprint density at radius 2 is 1.88 bits per heavy atom. The summed E-state index contributed by atoms with van der Waals surface area (Å²) in [6.07, 6.45) is 2.90. The molecule has 1 unspecified atom stereocenters. The van der Waals surface area contributed by atoms with E-state index in [0.29, 0.717) is 27.7 Å². The first-order valence-electron chi connectivity index (χ1n) is 10.8. The van der Waals surface area contributed by atoms with Crippen molar-refractivity contribution < 1.29 is 14.3 Å². The van der Waals surface area contributed by atoms with Gasteiger partial charge < -0.3 is 15.8 Å². The summed E-state index contributed by atoms with van der Waals surface area (Å²) in [4.78, 5) is 30.6. The molecule has 0 fully saturated rings. The summed E-state index contributed by atoms with van der Waals surface area (Å²) < 4.78 is 4.70. The molecule has 0 saturated carbocycles. The van der Waals surface area contributed by atoms with Gasteiger partial charge in [-0.2, -0.15) is 0 Å². The maximum Gasteiger partial charge on any atom is 0.337 e. The number of hydrogen-bond acceptors (Lipinski definition) is 6. The van der Waals surface area contributed by atoms with Crippen LogP contribution in [0.4, 0.5) is 11.4 Å². The van der Waals surface area contributed by atoms with E-state index in [1.54, 1.807) is 24.3 Å². The highest BCUT2D eigenvalue weighted by Gasteiger charge is 2.24. The lowest BCUT2D eigenvalue weighted by Gasteiger charge is -2.24. The molecule has 6 nitrogen and oxygen atoms in total. The number of pyridine rings is 1. The highest BCUT2D eigenvalue weighted by atomic mass is 32.1. The lowest BCUT2D eigenvalue weighted by Crippen LogP contribution is -2.14. The molecule has 33 heavy (non-hydrogen) atoms. The average molecular weight is 458 g/mol. The van der Waals surface area contributed by atoms with Gasteiger partial charge in [-0.3, -0.25) is 4.79 Å². The predicted octanol–water partition coefficient (Wildman–Crippen LogP) is 5.19. The maximum atomic E-state index is 12.9. The van der Waals surface area contributed by atoms with Crippen LogP contribution in [0.3, 0.4) is 0 Å². The van der Waals surface area contributed by atoms with Gasteiger partial charge >= 0.3 is 5.97 Å². The first-order chi connectivity index (χ1) is 16.0. The van der Waals surface area contributed by atoms with E-state index in [0.717, 1.165) is 35.2 Å². The van der Waals surface area contributed by atoms with E-state index in [1.807, 2.05) is 6.07 Å². The standard InChI is InChI=1S/C26H23N3O3S/c1-32-26(31)16-7-10-19(11-8-16)28-24(30)23-22(27)20-14-18-13-17(15-5-3-2-4-6-15)9-12-21(18)29-25(20)33-23/h2-8,10-11,14,17H,9,12-13,27H2,1H3,(H,28,30). The fourth-order valence-corrected chi connectivity index (χ4v) is 5.36. The summed E-state index contributed by atoms with van der Waals surface area (Å²) in [7, 11) is 1.33.